The fourth-order valence-corrected chi connectivity index (χ4v) is 1.95. The Hall–Kier alpha value is -2.56. The van der Waals surface area contributed by atoms with Gasteiger partial charge in [-0.05, 0) is 11.6 Å². The standard InChI is InChI=1S/C14H14N2O3.C3H8/c1-4-9-10(6-5-7-12(9)18-2)11-8-15-16-14(17)13(11)19-3;1-3-2/h4-8H,1H2,2-3H3,(H,16,17);3H2,1-2H3. The molecular formula is C17H22N2O3. The van der Waals surface area contributed by atoms with Gasteiger partial charge < -0.3 is 9.47 Å². The molecule has 0 aliphatic rings. The van der Waals surface area contributed by atoms with Crippen LogP contribution in [0.3, 0.4) is 0 Å². The summed E-state index contributed by atoms with van der Waals surface area (Å²) in [6.07, 6.45) is 4.47. The maximum Gasteiger partial charge on any atom is 0.307 e. The van der Waals surface area contributed by atoms with Crippen LogP contribution in [0.25, 0.3) is 17.2 Å². The summed E-state index contributed by atoms with van der Waals surface area (Å²) in [7, 11) is 3.03. The Morgan fingerprint density at radius 3 is 2.45 bits per heavy atom. The largest absolute Gasteiger partial charge is 0.496 e. The molecule has 0 aliphatic heterocycles. The van der Waals surface area contributed by atoms with Gasteiger partial charge in [0.25, 0.3) is 0 Å². The van der Waals surface area contributed by atoms with Crippen LogP contribution in [0, 0.1) is 0 Å². The fraction of sp³-hybridized carbons (Fsp3) is 0.294. The van der Waals surface area contributed by atoms with Gasteiger partial charge in [-0.2, -0.15) is 5.10 Å². The minimum absolute atomic E-state index is 0.214. The molecule has 0 saturated carbocycles. The first-order valence-electron chi connectivity index (χ1n) is 7.05. The summed E-state index contributed by atoms with van der Waals surface area (Å²) in [5, 5.41) is 6.15. The van der Waals surface area contributed by atoms with Crippen LogP contribution >= 0.6 is 0 Å². The molecule has 22 heavy (non-hydrogen) atoms. The van der Waals surface area contributed by atoms with Gasteiger partial charge >= 0.3 is 5.56 Å². The summed E-state index contributed by atoms with van der Waals surface area (Å²) in [4.78, 5) is 11.7. The Balaban J connectivity index is 0.000000745. The van der Waals surface area contributed by atoms with Crippen molar-refractivity contribution in [1.29, 1.82) is 0 Å². The predicted molar refractivity (Wildman–Crippen MR) is 89.5 cm³/mol. The zero-order chi connectivity index (χ0) is 16.5. The zero-order valence-corrected chi connectivity index (χ0v) is 13.5. The Labute approximate surface area is 130 Å². The number of rotatable bonds is 4. The average molecular weight is 302 g/mol. The van der Waals surface area contributed by atoms with E-state index in [1.807, 2.05) is 18.2 Å². The van der Waals surface area contributed by atoms with Gasteiger partial charge in [0.15, 0.2) is 5.75 Å². The van der Waals surface area contributed by atoms with E-state index in [1.165, 1.54) is 13.5 Å². The number of nitrogens with one attached hydrogen (secondary N) is 1. The second-order valence-electron chi connectivity index (χ2n) is 4.48. The topological polar surface area (TPSA) is 64.2 Å². The van der Waals surface area contributed by atoms with E-state index in [1.54, 1.807) is 19.4 Å². The lowest BCUT2D eigenvalue weighted by Gasteiger charge is -2.12. The molecule has 0 fully saturated rings. The van der Waals surface area contributed by atoms with E-state index in [0.29, 0.717) is 11.3 Å². The van der Waals surface area contributed by atoms with Gasteiger partial charge in [-0.25, -0.2) is 5.10 Å². The molecule has 118 valence electrons. The van der Waals surface area contributed by atoms with Crippen molar-refractivity contribution in [3.05, 3.63) is 46.9 Å². The fourth-order valence-electron chi connectivity index (χ4n) is 1.95. The molecule has 0 atom stereocenters. The van der Waals surface area contributed by atoms with Crippen LogP contribution in [0.4, 0.5) is 0 Å². The SMILES string of the molecule is C=Cc1c(OC)cccc1-c1cn[nH]c(=O)c1OC.CCC. The average Bonchev–Trinajstić information content (AvgIpc) is 2.54. The molecule has 0 bridgehead atoms. The number of hydrogen-bond acceptors (Lipinski definition) is 4. The number of H-pyrrole nitrogens is 1. The van der Waals surface area contributed by atoms with E-state index in [9.17, 15) is 4.79 Å². The minimum atomic E-state index is -0.377. The molecule has 0 amide bonds. The summed E-state index contributed by atoms with van der Waals surface area (Å²) in [5.41, 5.74) is 1.79. The smallest absolute Gasteiger partial charge is 0.307 e. The highest BCUT2D eigenvalue weighted by molar-refractivity contribution is 5.80. The summed E-state index contributed by atoms with van der Waals surface area (Å²) in [5.74, 6) is 0.890. The highest BCUT2D eigenvalue weighted by atomic mass is 16.5. The monoisotopic (exact) mass is 302 g/mol. The summed E-state index contributed by atoms with van der Waals surface area (Å²) < 4.78 is 10.4. The van der Waals surface area contributed by atoms with Crippen molar-refractivity contribution in [2.24, 2.45) is 0 Å². The number of ether oxygens (including phenoxy) is 2. The molecular weight excluding hydrogens is 280 g/mol. The van der Waals surface area contributed by atoms with E-state index in [4.69, 9.17) is 9.47 Å². The van der Waals surface area contributed by atoms with Gasteiger partial charge in [0.2, 0.25) is 0 Å². The van der Waals surface area contributed by atoms with Crippen molar-refractivity contribution >= 4 is 6.08 Å². The lowest BCUT2D eigenvalue weighted by Crippen LogP contribution is -2.12. The van der Waals surface area contributed by atoms with Crippen LogP contribution in [0.15, 0.2) is 35.8 Å². The van der Waals surface area contributed by atoms with Crippen LogP contribution in [0.1, 0.15) is 25.8 Å². The molecule has 5 nitrogen and oxygen atoms in total. The molecule has 0 radical (unpaired) electrons. The highest BCUT2D eigenvalue weighted by Crippen LogP contribution is 2.34. The van der Waals surface area contributed by atoms with Crippen LogP contribution in [-0.4, -0.2) is 24.4 Å². The van der Waals surface area contributed by atoms with E-state index in [2.05, 4.69) is 30.6 Å². The number of aromatic amines is 1. The number of hydrogen-bond donors (Lipinski definition) is 1. The molecule has 5 heteroatoms. The lowest BCUT2D eigenvalue weighted by molar-refractivity contribution is 0.407. The van der Waals surface area contributed by atoms with E-state index in [0.717, 1.165) is 11.1 Å². The van der Waals surface area contributed by atoms with Gasteiger partial charge in [0.1, 0.15) is 5.75 Å². The van der Waals surface area contributed by atoms with Crippen molar-refractivity contribution in [3.8, 4) is 22.6 Å². The molecule has 2 rings (SSSR count). The van der Waals surface area contributed by atoms with Gasteiger partial charge in [-0.15, -0.1) is 0 Å². The maximum absolute atomic E-state index is 11.7. The third-order valence-electron chi connectivity index (χ3n) is 2.80. The second kappa shape index (κ2) is 8.67. The quantitative estimate of drug-likeness (QED) is 0.938. The van der Waals surface area contributed by atoms with Crippen molar-refractivity contribution in [3.63, 3.8) is 0 Å². The molecule has 0 unspecified atom stereocenters. The van der Waals surface area contributed by atoms with Crippen molar-refractivity contribution in [2.75, 3.05) is 14.2 Å². The Bertz CT molecular complexity index is 678. The summed E-state index contributed by atoms with van der Waals surface area (Å²) >= 11 is 0. The summed E-state index contributed by atoms with van der Waals surface area (Å²) in [6, 6.07) is 5.52. The minimum Gasteiger partial charge on any atom is -0.496 e. The molecule has 1 aromatic carbocycles. The Morgan fingerprint density at radius 1 is 1.23 bits per heavy atom. The van der Waals surface area contributed by atoms with Gasteiger partial charge in [0.05, 0.1) is 26.0 Å². The zero-order valence-electron chi connectivity index (χ0n) is 13.5. The molecule has 0 aliphatic carbocycles. The van der Waals surface area contributed by atoms with Crippen molar-refractivity contribution < 1.29 is 9.47 Å². The Morgan fingerprint density at radius 2 is 1.91 bits per heavy atom. The van der Waals surface area contributed by atoms with Crippen LogP contribution in [0.2, 0.25) is 0 Å². The van der Waals surface area contributed by atoms with Crippen LogP contribution in [-0.2, 0) is 0 Å². The lowest BCUT2D eigenvalue weighted by atomic mass is 10.00. The number of methoxy groups -OCH3 is 2. The third-order valence-corrected chi connectivity index (χ3v) is 2.80. The number of nitrogens with zero attached hydrogens (tertiary/aromatic N) is 1. The Kier molecular flexibility index (Phi) is 6.89. The molecule has 0 saturated heterocycles. The van der Waals surface area contributed by atoms with Gasteiger partial charge in [-0.3, -0.25) is 4.79 Å². The van der Waals surface area contributed by atoms with Crippen LogP contribution < -0.4 is 15.0 Å². The normalized spacial score (nSPS) is 9.45. The van der Waals surface area contributed by atoms with E-state index < -0.39 is 0 Å². The van der Waals surface area contributed by atoms with E-state index in [-0.39, 0.29) is 11.3 Å². The first kappa shape index (κ1) is 17.5. The van der Waals surface area contributed by atoms with Crippen LogP contribution in [0.5, 0.6) is 11.5 Å². The third kappa shape index (κ3) is 3.75. The second-order valence-corrected chi connectivity index (χ2v) is 4.48. The number of benzene rings is 1. The summed E-state index contributed by atoms with van der Waals surface area (Å²) in [6.45, 7) is 8.03. The molecule has 0 spiro atoms. The molecule has 2 aromatic rings. The first-order valence-corrected chi connectivity index (χ1v) is 7.05. The van der Waals surface area contributed by atoms with Crippen molar-refractivity contribution in [1.82, 2.24) is 10.2 Å². The van der Waals surface area contributed by atoms with Gasteiger partial charge in [0, 0.05) is 5.56 Å². The molecule has 1 aromatic heterocycles. The predicted octanol–water partition coefficient (Wildman–Crippen LogP) is 3.51. The molecule has 1 N–H and O–H groups in total. The highest BCUT2D eigenvalue weighted by Gasteiger charge is 2.15. The molecule has 1 heterocycles. The van der Waals surface area contributed by atoms with Gasteiger partial charge in [-0.1, -0.05) is 45.1 Å². The van der Waals surface area contributed by atoms with Crippen molar-refractivity contribution in [2.45, 2.75) is 20.3 Å². The maximum atomic E-state index is 11.7. The van der Waals surface area contributed by atoms with E-state index >= 15 is 0 Å². The number of aromatic nitrogens is 2. The first-order chi connectivity index (χ1) is 10.6.